The zero-order chi connectivity index (χ0) is 18.9. The van der Waals surface area contributed by atoms with Crippen LogP contribution in [0.2, 0.25) is 0 Å². The van der Waals surface area contributed by atoms with Crippen LogP contribution >= 0.6 is 0 Å². The second-order valence-corrected chi connectivity index (χ2v) is 9.03. The van der Waals surface area contributed by atoms with Crippen LogP contribution in [-0.4, -0.2) is 46.7 Å². The first kappa shape index (κ1) is 18.8. The molecule has 1 fully saturated rings. The monoisotopic (exact) mass is 378 g/mol. The standard InChI is InChI=1S/C18H26N4O3S/c1-13(2)11-22-15(4)18(14(3)20-22)26(23,24)21-9-7-17(12-21)25-16-6-5-8-19-10-16/h5-6,8,10,13,17H,7,9,11-12H2,1-4H3. The van der Waals surface area contributed by atoms with Crippen molar-refractivity contribution >= 4 is 10.0 Å². The zero-order valence-electron chi connectivity index (χ0n) is 15.7. The van der Waals surface area contributed by atoms with Crippen molar-refractivity contribution < 1.29 is 13.2 Å². The first-order valence-electron chi connectivity index (χ1n) is 8.90. The van der Waals surface area contributed by atoms with Gasteiger partial charge in [0.2, 0.25) is 10.0 Å². The Labute approximate surface area is 155 Å². The lowest BCUT2D eigenvalue weighted by atomic mass is 10.2. The van der Waals surface area contributed by atoms with Gasteiger partial charge in [-0.25, -0.2) is 8.42 Å². The molecule has 3 rings (SSSR count). The molecular formula is C18H26N4O3S. The van der Waals surface area contributed by atoms with E-state index in [1.165, 1.54) is 4.31 Å². The molecule has 0 aromatic carbocycles. The molecule has 0 radical (unpaired) electrons. The highest BCUT2D eigenvalue weighted by Gasteiger charge is 2.37. The fraction of sp³-hybridized carbons (Fsp3) is 0.556. The summed E-state index contributed by atoms with van der Waals surface area (Å²) >= 11 is 0. The third-order valence-electron chi connectivity index (χ3n) is 4.50. The number of nitrogens with zero attached hydrogens (tertiary/aromatic N) is 4. The Morgan fingerprint density at radius 3 is 2.77 bits per heavy atom. The molecule has 1 aliphatic heterocycles. The van der Waals surface area contributed by atoms with E-state index < -0.39 is 10.0 Å². The average Bonchev–Trinajstić information content (AvgIpc) is 3.14. The molecule has 0 N–H and O–H groups in total. The minimum atomic E-state index is -3.59. The number of aromatic nitrogens is 3. The second-order valence-electron chi connectivity index (χ2n) is 7.16. The molecule has 2 aromatic heterocycles. The highest BCUT2D eigenvalue weighted by atomic mass is 32.2. The summed E-state index contributed by atoms with van der Waals surface area (Å²) in [5.74, 6) is 1.06. The average molecular weight is 378 g/mol. The number of hydrogen-bond donors (Lipinski definition) is 0. The fourth-order valence-electron chi connectivity index (χ4n) is 3.33. The van der Waals surface area contributed by atoms with Gasteiger partial charge in [-0.1, -0.05) is 13.8 Å². The highest BCUT2D eigenvalue weighted by molar-refractivity contribution is 7.89. The molecule has 7 nitrogen and oxygen atoms in total. The van der Waals surface area contributed by atoms with Gasteiger partial charge >= 0.3 is 0 Å². The van der Waals surface area contributed by atoms with Gasteiger partial charge < -0.3 is 4.74 Å². The molecule has 3 heterocycles. The van der Waals surface area contributed by atoms with Gasteiger partial charge in [0.15, 0.2) is 0 Å². The Morgan fingerprint density at radius 2 is 2.12 bits per heavy atom. The summed E-state index contributed by atoms with van der Waals surface area (Å²) in [5, 5.41) is 4.45. The molecule has 1 unspecified atom stereocenters. The lowest BCUT2D eigenvalue weighted by Crippen LogP contribution is -2.31. The Hall–Kier alpha value is -1.93. The van der Waals surface area contributed by atoms with Gasteiger partial charge in [0, 0.05) is 19.3 Å². The minimum Gasteiger partial charge on any atom is -0.487 e. The first-order valence-corrected chi connectivity index (χ1v) is 10.3. The van der Waals surface area contributed by atoms with Crippen LogP contribution in [0.25, 0.3) is 0 Å². The molecule has 26 heavy (non-hydrogen) atoms. The number of ether oxygens (including phenoxy) is 1. The van der Waals surface area contributed by atoms with Gasteiger partial charge in [-0.05, 0) is 38.3 Å². The van der Waals surface area contributed by atoms with Crippen molar-refractivity contribution in [1.82, 2.24) is 19.1 Å². The maximum absolute atomic E-state index is 13.2. The quantitative estimate of drug-likeness (QED) is 0.771. The van der Waals surface area contributed by atoms with E-state index in [0.717, 1.165) is 0 Å². The van der Waals surface area contributed by atoms with Gasteiger partial charge in [-0.2, -0.15) is 9.40 Å². The summed E-state index contributed by atoms with van der Waals surface area (Å²) in [6.45, 7) is 9.25. The topological polar surface area (TPSA) is 77.3 Å². The third-order valence-corrected chi connectivity index (χ3v) is 6.61. The summed E-state index contributed by atoms with van der Waals surface area (Å²) in [4.78, 5) is 4.36. The van der Waals surface area contributed by atoms with Crippen molar-refractivity contribution in [3.63, 3.8) is 0 Å². The molecule has 0 aliphatic carbocycles. The molecule has 1 aliphatic rings. The van der Waals surface area contributed by atoms with Crippen LogP contribution in [0.1, 0.15) is 31.7 Å². The van der Waals surface area contributed by atoms with Gasteiger partial charge in [0.1, 0.15) is 16.7 Å². The summed E-state index contributed by atoms with van der Waals surface area (Å²) in [6, 6.07) is 3.63. The van der Waals surface area contributed by atoms with Crippen LogP contribution < -0.4 is 4.74 Å². The van der Waals surface area contributed by atoms with E-state index in [-0.39, 0.29) is 6.10 Å². The summed E-state index contributed by atoms with van der Waals surface area (Å²) in [7, 11) is -3.59. The second kappa shape index (κ2) is 7.36. The molecule has 1 atom stereocenters. The van der Waals surface area contributed by atoms with E-state index in [4.69, 9.17) is 4.74 Å². The van der Waals surface area contributed by atoms with Crippen LogP contribution in [0.4, 0.5) is 0 Å². The predicted octanol–water partition coefficient (Wildman–Crippen LogP) is 2.39. The maximum Gasteiger partial charge on any atom is 0.246 e. The first-order chi connectivity index (χ1) is 12.3. The molecule has 0 amide bonds. The van der Waals surface area contributed by atoms with Crippen LogP contribution in [0.3, 0.4) is 0 Å². The molecular weight excluding hydrogens is 352 g/mol. The Morgan fingerprint density at radius 1 is 1.35 bits per heavy atom. The van der Waals surface area contributed by atoms with E-state index in [1.54, 1.807) is 30.1 Å². The van der Waals surface area contributed by atoms with Gasteiger partial charge in [0.05, 0.1) is 24.1 Å². The Bertz CT molecular complexity index is 862. The molecule has 2 aromatic rings. The van der Waals surface area contributed by atoms with Crippen LogP contribution in [0, 0.1) is 19.8 Å². The van der Waals surface area contributed by atoms with Crippen molar-refractivity contribution in [3.05, 3.63) is 35.9 Å². The van der Waals surface area contributed by atoms with Crippen LogP contribution in [0.15, 0.2) is 29.4 Å². The highest BCUT2D eigenvalue weighted by Crippen LogP contribution is 2.28. The number of pyridine rings is 1. The summed E-state index contributed by atoms with van der Waals surface area (Å²) in [6.07, 6.45) is 3.81. The molecule has 0 bridgehead atoms. The van der Waals surface area contributed by atoms with Crippen molar-refractivity contribution in [3.8, 4) is 5.75 Å². The smallest absolute Gasteiger partial charge is 0.246 e. The van der Waals surface area contributed by atoms with E-state index in [0.29, 0.717) is 54.0 Å². The summed E-state index contributed by atoms with van der Waals surface area (Å²) < 4.78 is 35.5. The van der Waals surface area contributed by atoms with Gasteiger partial charge in [-0.15, -0.1) is 0 Å². The zero-order valence-corrected chi connectivity index (χ0v) is 16.5. The molecule has 142 valence electrons. The lowest BCUT2D eigenvalue weighted by Gasteiger charge is -2.17. The Balaban J connectivity index is 1.78. The van der Waals surface area contributed by atoms with Crippen molar-refractivity contribution in [1.29, 1.82) is 0 Å². The van der Waals surface area contributed by atoms with Gasteiger partial charge in [0.25, 0.3) is 0 Å². The van der Waals surface area contributed by atoms with Crippen molar-refractivity contribution in [2.75, 3.05) is 13.1 Å². The maximum atomic E-state index is 13.2. The SMILES string of the molecule is Cc1nn(CC(C)C)c(C)c1S(=O)(=O)N1CCC(Oc2cccnc2)C1. The number of hydrogen-bond acceptors (Lipinski definition) is 5. The largest absolute Gasteiger partial charge is 0.487 e. The summed E-state index contributed by atoms with van der Waals surface area (Å²) in [5.41, 5.74) is 1.26. The minimum absolute atomic E-state index is 0.166. The number of aryl methyl sites for hydroxylation is 1. The number of sulfonamides is 1. The van der Waals surface area contributed by atoms with Crippen LogP contribution in [0.5, 0.6) is 5.75 Å². The van der Waals surface area contributed by atoms with E-state index in [9.17, 15) is 8.42 Å². The fourth-order valence-corrected chi connectivity index (χ4v) is 5.19. The van der Waals surface area contributed by atoms with Crippen LogP contribution in [-0.2, 0) is 16.6 Å². The predicted molar refractivity (Wildman–Crippen MR) is 98.6 cm³/mol. The van der Waals surface area contributed by atoms with Gasteiger partial charge in [-0.3, -0.25) is 9.67 Å². The molecule has 1 saturated heterocycles. The van der Waals surface area contributed by atoms with Crippen molar-refractivity contribution in [2.45, 2.75) is 51.7 Å². The Kier molecular flexibility index (Phi) is 5.34. The number of rotatable bonds is 6. The normalized spacial score (nSPS) is 18.6. The lowest BCUT2D eigenvalue weighted by molar-refractivity contribution is 0.214. The molecule has 0 spiro atoms. The van der Waals surface area contributed by atoms with E-state index >= 15 is 0 Å². The van der Waals surface area contributed by atoms with Crippen molar-refractivity contribution in [2.24, 2.45) is 5.92 Å². The molecule has 8 heteroatoms. The third kappa shape index (κ3) is 3.76. The van der Waals surface area contributed by atoms with E-state index in [2.05, 4.69) is 23.9 Å². The molecule has 0 saturated carbocycles. The van der Waals surface area contributed by atoms with E-state index in [1.807, 2.05) is 13.0 Å².